The van der Waals surface area contributed by atoms with Crippen LogP contribution in [0.15, 0.2) is 0 Å². The summed E-state index contributed by atoms with van der Waals surface area (Å²) in [6.07, 6.45) is 7.21. The van der Waals surface area contributed by atoms with E-state index in [4.69, 9.17) is 39.8 Å². The van der Waals surface area contributed by atoms with Gasteiger partial charge in [0.05, 0.1) is 10.8 Å². The Morgan fingerprint density at radius 1 is 0.491 bits per heavy atom. The molecule has 0 aromatic carbocycles. The quantitative estimate of drug-likeness (QED) is 0.0332. The van der Waals surface area contributed by atoms with Crippen molar-refractivity contribution in [1.29, 1.82) is 0 Å². The van der Waals surface area contributed by atoms with E-state index in [2.05, 4.69) is 16.7 Å². The fourth-order valence-electron chi connectivity index (χ4n) is 6.49. The predicted molar refractivity (Wildman–Crippen MR) is 271 cm³/mol. The third-order valence-corrected chi connectivity index (χ3v) is 56.8. The minimum Gasteiger partial charge on any atom is -0.374 e. The van der Waals surface area contributed by atoms with Crippen LogP contribution in [0.1, 0.15) is 94.4 Å². The van der Waals surface area contributed by atoms with Gasteiger partial charge >= 0.3 is 26.4 Å². The highest BCUT2D eigenvalue weighted by atomic mass is 34.2. The van der Waals surface area contributed by atoms with Crippen molar-refractivity contribution in [1.82, 2.24) is 0 Å². The molecule has 0 heterocycles. The van der Waals surface area contributed by atoms with E-state index in [1.54, 1.807) is 41.2 Å². The van der Waals surface area contributed by atoms with Crippen LogP contribution in [-0.4, -0.2) is 108 Å². The maximum absolute atomic E-state index is 6.67. The van der Waals surface area contributed by atoms with Gasteiger partial charge in [0, 0.05) is 77.0 Å². The third-order valence-electron chi connectivity index (χ3n) is 8.52. The largest absolute Gasteiger partial charge is 0.512 e. The molecule has 9 nitrogen and oxygen atoms in total. The highest BCUT2D eigenvalue weighted by Crippen LogP contribution is 2.88. The van der Waals surface area contributed by atoms with Crippen LogP contribution >= 0.6 is 118 Å². The van der Waals surface area contributed by atoms with Gasteiger partial charge in [0.1, 0.15) is 0 Å². The average molecular weight is 1050 g/mol. The number of hydrogen-bond donors (Lipinski definition) is 0. The molecule has 24 heteroatoms. The smallest absolute Gasteiger partial charge is 0.374 e. The summed E-state index contributed by atoms with van der Waals surface area (Å²) in [5.74, 6) is 5.04. The van der Waals surface area contributed by atoms with E-state index in [-0.39, 0.29) is 0 Å². The Morgan fingerprint density at radius 2 is 0.945 bits per heavy atom. The van der Waals surface area contributed by atoms with Crippen molar-refractivity contribution in [2.75, 3.05) is 81.7 Å². The molecular formula is C31H68O9S12Si3. The highest BCUT2D eigenvalue weighted by Gasteiger charge is 2.43. The van der Waals surface area contributed by atoms with Gasteiger partial charge in [0.25, 0.3) is 0 Å². The molecule has 2 fully saturated rings. The van der Waals surface area contributed by atoms with Crippen LogP contribution < -0.4 is 0 Å². The molecule has 2 bridgehead atoms. The lowest BCUT2D eigenvalue weighted by molar-refractivity contribution is 0.0731. The minimum atomic E-state index is -2.75. The van der Waals surface area contributed by atoms with Crippen LogP contribution in [0.2, 0.25) is 6.04 Å². The van der Waals surface area contributed by atoms with E-state index in [1.165, 1.54) is 37.9 Å². The van der Waals surface area contributed by atoms with Crippen LogP contribution in [0.4, 0.5) is 0 Å². The molecule has 2 aliphatic rings. The zero-order valence-corrected chi connectivity index (χ0v) is 47.0. The summed E-state index contributed by atoms with van der Waals surface area (Å²) >= 11 is 0. The van der Waals surface area contributed by atoms with Gasteiger partial charge < -0.3 is 39.8 Å². The molecule has 0 aliphatic heterocycles. The Bertz CT molecular complexity index is 893. The minimum absolute atomic E-state index is 0.582. The molecule has 330 valence electrons. The SMILES string of the molecule is CCO[Si](CC)(OCC)OCCS(SSSCCC1CC2CCC1C2)(SSSSC[Si](OCC)(OCC)OCC)SSSSC[Si](OCC)(OCC)OCC. The molecule has 2 aliphatic carbocycles. The van der Waals surface area contributed by atoms with Gasteiger partial charge in [0.15, 0.2) is 0 Å². The predicted octanol–water partition coefficient (Wildman–Crippen LogP) is 14.0. The van der Waals surface area contributed by atoms with Crippen molar-refractivity contribution in [3.8, 4) is 0 Å². The average Bonchev–Trinajstić information content (AvgIpc) is 3.79. The van der Waals surface area contributed by atoms with E-state index in [1.807, 2.05) is 115 Å². The van der Waals surface area contributed by atoms with E-state index >= 15 is 0 Å². The summed E-state index contributed by atoms with van der Waals surface area (Å²) in [6, 6.07) is 0.761. The van der Waals surface area contributed by atoms with E-state index < -0.39 is 33.5 Å². The Hall–Kier alpha value is 4.49. The summed E-state index contributed by atoms with van der Waals surface area (Å²) in [5, 5.41) is 1.42. The second-order valence-corrected chi connectivity index (χ2v) is 47.7. The summed E-state index contributed by atoms with van der Waals surface area (Å²) in [7, 11) is 11.3. The molecular weight excluding hydrogens is 985 g/mol. The molecule has 2 rings (SSSR count). The molecule has 0 aromatic rings. The Balaban J connectivity index is 2.19. The van der Waals surface area contributed by atoms with Gasteiger partial charge in [-0.2, -0.15) is 0 Å². The topological polar surface area (TPSA) is 83.1 Å². The first-order valence-electron chi connectivity index (χ1n) is 19.5. The second kappa shape index (κ2) is 33.0. The molecule has 0 saturated heterocycles. The molecule has 3 atom stereocenters. The van der Waals surface area contributed by atoms with E-state index in [0.717, 1.165) is 29.6 Å². The number of fused-ring (bicyclic) bond motifs is 2. The number of rotatable bonds is 39. The lowest BCUT2D eigenvalue weighted by Gasteiger charge is -2.35. The summed E-state index contributed by atoms with van der Waals surface area (Å²) in [6.45, 7) is 23.5. The van der Waals surface area contributed by atoms with Gasteiger partial charge in [-0.05, 0) is 177 Å². The summed E-state index contributed by atoms with van der Waals surface area (Å²) in [4.78, 5) is 0. The Morgan fingerprint density at radius 3 is 1.35 bits per heavy atom. The summed E-state index contributed by atoms with van der Waals surface area (Å²) in [5.41, 5.74) is 0. The standard InChI is InChI=1S/C31H68O9S12Si3/c1-10-32-53(18-9,33-11-2)40-22-24-52(49-46-41-23-21-31-26-29-19-20-30(31)25-29,50-47-44-42-27-54(34-12-3,35-13-4)36-14-5)51-48-45-43-28-55(37-15-6,38-16-7)39-17-8/h29-31H,10-28H2,1-9H3. The maximum Gasteiger partial charge on any atom is 0.512 e. The summed E-state index contributed by atoms with van der Waals surface area (Å²) < 4.78 is 55.9. The van der Waals surface area contributed by atoms with Crippen LogP contribution in [-0.2, 0) is 39.8 Å². The first kappa shape index (κ1) is 55.6. The molecule has 0 N–H and O–H groups in total. The van der Waals surface area contributed by atoms with Gasteiger partial charge in [-0.15, -0.1) is 0 Å². The first-order chi connectivity index (χ1) is 26.7. The Kier molecular flexibility index (Phi) is 33.4. The number of hydrogen-bond acceptors (Lipinski definition) is 20. The lowest BCUT2D eigenvalue weighted by Crippen LogP contribution is -2.49. The van der Waals surface area contributed by atoms with E-state index in [0.29, 0.717) is 70.2 Å². The second-order valence-electron chi connectivity index (χ2n) is 12.1. The molecule has 55 heavy (non-hydrogen) atoms. The fraction of sp³-hybridized carbons (Fsp3) is 1.00. The van der Waals surface area contributed by atoms with Crippen molar-refractivity contribution in [2.45, 2.75) is 100 Å². The van der Waals surface area contributed by atoms with Crippen molar-refractivity contribution >= 4 is 145 Å². The molecule has 0 amide bonds. The lowest BCUT2D eigenvalue weighted by atomic mass is 9.87. The van der Waals surface area contributed by atoms with Gasteiger partial charge in [-0.3, -0.25) is 0 Å². The van der Waals surface area contributed by atoms with Crippen molar-refractivity contribution in [3.63, 3.8) is 0 Å². The zero-order valence-electron chi connectivity index (χ0n) is 34.2. The van der Waals surface area contributed by atoms with Crippen LogP contribution in [0.3, 0.4) is 0 Å². The van der Waals surface area contributed by atoms with Crippen LogP contribution in [0, 0.1) is 17.8 Å². The van der Waals surface area contributed by atoms with Gasteiger partial charge in [-0.25, -0.2) is 0 Å². The molecule has 0 aromatic heterocycles. The maximum atomic E-state index is 6.67. The Labute approximate surface area is 380 Å². The van der Waals surface area contributed by atoms with Crippen LogP contribution in [0.25, 0.3) is 0 Å². The highest BCUT2D eigenvalue weighted by molar-refractivity contribution is 9.74. The van der Waals surface area contributed by atoms with Crippen molar-refractivity contribution in [3.05, 3.63) is 0 Å². The van der Waals surface area contributed by atoms with Gasteiger partial charge in [0.2, 0.25) is 0 Å². The van der Waals surface area contributed by atoms with Crippen LogP contribution in [0.5, 0.6) is 0 Å². The fourth-order valence-corrected chi connectivity index (χ4v) is 66.3. The first-order valence-corrected chi connectivity index (χ1v) is 42.3. The van der Waals surface area contributed by atoms with Crippen molar-refractivity contribution in [2.24, 2.45) is 17.8 Å². The van der Waals surface area contributed by atoms with Crippen molar-refractivity contribution < 1.29 is 39.8 Å². The molecule has 2 saturated carbocycles. The van der Waals surface area contributed by atoms with Gasteiger partial charge in [-0.1, -0.05) is 52.9 Å². The molecule has 0 spiro atoms. The monoisotopic (exact) mass is 1050 g/mol. The molecule has 0 radical (unpaired) electrons. The normalized spacial score (nSPS) is 19.5. The third kappa shape index (κ3) is 21.4. The van der Waals surface area contributed by atoms with E-state index in [9.17, 15) is 0 Å². The zero-order chi connectivity index (χ0) is 40.3. The molecule has 3 unspecified atom stereocenters.